The van der Waals surface area contributed by atoms with Crippen LogP contribution in [0.25, 0.3) is 22.7 Å². The van der Waals surface area contributed by atoms with Crippen molar-refractivity contribution in [3.05, 3.63) is 64.4 Å². The van der Waals surface area contributed by atoms with Crippen LogP contribution in [0, 0.1) is 0 Å². The summed E-state index contributed by atoms with van der Waals surface area (Å²) in [5.74, 6) is 0.551. The van der Waals surface area contributed by atoms with Crippen molar-refractivity contribution in [3.63, 3.8) is 0 Å². The summed E-state index contributed by atoms with van der Waals surface area (Å²) in [5, 5.41) is 0. The van der Waals surface area contributed by atoms with E-state index in [1.165, 1.54) is 0 Å². The summed E-state index contributed by atoms with van der Waals surface area (Å²) in [5.41, 5.74) is 3.26. The van der Waals surface area contributed by atoms with Crippen LogP contribution in [0.15, 0.2) is 53.0 Å². The number of H-pyrrole nitrogens is 1. The number of hydrogen-bond acceptors (Lipinski definition) is 3. The lowest BCUT2D eigenvalue weighted by atomic mass is 10.1. The fourth-order valence-electron chi connectivity index (χ4n) is 3.01. The summed E-state index contributed by atoms with van der Waals surface area (Å²) in [6.07, 6.45) is 1.89. The SMILES string of the molecule is O=C(C(=Cc1cccc(Br)c1)c1nc2ccccc2[nH]1)N1CCOCC1. The molecule has 0 atom stereocenters. The quantitative estimate of drug-likeness (QED) is 0.668. The van der Waals surface area contributed by atoms with E-state index in [4.69, 9.17) is 4.74 Å². The number of aromatic amines is 1. The van der Waals surface area contributed by atoms with Gasteiger partial charge in [-0.05, 0) is 35.9 Å². The van der Waals surface area contributed by atoms with Gasteiger partial charge in [-0.3, -0.25) is 4.79 Å². The van der Waals surface area contributed by atoms with E-state index >= 15 is 0 Å². The minimum absolute atomic E-state index is 0.0349. The molecule has 4 rings (SSSR count). The van der Waals surface area contributed by atoms with Gasteiger partial charge in [0.15, 0.2) is 0 Å². The number of aromatic nitrogens is 2. The van der Waals surface area contributed by atoms with Gasteiger partial charge in [0.25, 0.3) is 5.91 Å². The molecule has 1 fully saturated rings. The molecule has 1 aliphatic rings. The second-order valence-corrected chi connectivity index (χ2v) is 7.04. The summed E-state index contributed by atoms with van der Waals surface area (Å²) in [7, 11) is 0. The number of morpholine rings is 1. The standard InChI is InChI=1S/C20H18BrN3O2/c21-15-5-3-4-14(12-15)13-16(20(25)24-8-10-26-11-9-24)19-22-17-6-1-2-7-18(17)23-19/h1-7,12-13H,8-11H2,(H,22,23). The first-order valence-electron chi connectivity index (χ1n) is 8.50. The number of imidazole rings is 1. The highest BCUT2D eigenvalue weighted by molar-refractivity contribution is 9.10. The Hall–Kier alpha value is -2.44. The fourth-order valence-corrected chi connectivity index (χ4v) is 3.43. The minimum Gasteiger partial charge on any atom is -0.378 e. The number of ether oxygens (including phenoxy) is 1. The van der Waals surface area contributed by atoms with E-state index in [1.54, 1.807) is 0 Å². The monoisotopic (exact) mass is 411 g/mol. The summed E-state index contributed by atoms with van der Waals surface area (Å²) in [6.45, 7) is 2.32. The third kappa shape index (κ3) is 3.57. The van der Waals surface area contributed by atoms with E-state index in [0.717, 1.165) is 21.1 Å². The zero-order valence-electron chi connectivity index (χ0n) is 14.1. The van der Waals surface area contributed by atoms with Gasteiger partial charge in [-0.1, -0.05) is 40.2 Å². The summed E-state index contributed by atoms with van der Waals surface area (Å²) in [4.78, 5) is 22.9. The molecule has 1 saturated heterocycles. The molecule has 0 unspecified atom stereocenters. The fraction of sp³-hybridized carbons (Fsp3) is 0.200. The maximum atomic E-state index is 13.2. The molecule has 26 heavy (non-hydrogen) atoms. The zero-order chi connectivity index (χ0) is 17.9. The van der Waals surface area contributed by atoms with Crippen LogP contribution in [0.3, 0.4) is 0 Å². The van der Waals surface area contributed by atoms with Crippen molar-refractivity contribution in [1.82, 2.24) is 14.9 Å². The van der Waals surface area contributed by atoms with Gasteiger partial charge in [0, 0.05) is 17.6 Å². The molecule has 0 radical (unpaired) electrons. The third-order valence-corrected chi connectivity index (χ3v) is 4.83. The van der Waals surface area contributed by atoms with Crippen molar-refractivity contribution in [2.45, 2.75) is 0 Å². The van der Waals surface area contributed by atoms with Gasteiger partial charge >= 0.3 is 0 Å². The first-order valence-corrected chi connectivity index (χ1v) is 9.29. The van der Waals surface area contributed by atoms with Gasteiger partial charge in [0.2, 0.25) is 0 Å². The molecule has 3 aromatic rings. The van der Waals surface area contributed by atoms with Crippen LogP contribution in [-0.2, 0) is 9.53 Å². The van der Waals surface area contributed by atoms with E-state index in [1.807, 2.05) is 59.5 Å². The lowest BCUT2D eigenvalue weighted by molar-refractivity contribution is -0.128. The Morgan fingerprint density at radius 1 is 1.15 bits per heavy atom. The Labute approximate surface area is 159 Å². The summed E-state index contributed by atoms with van der Waals surface area (Å²) >= 11 is 3.49. The lowest BCUT2D eigenvalue weighted by Gasteiger charge is -2.27. The van der Waals surface area contributed by atoms with E-state index in [-0.39, 0.29) is 5.91 Å². The van der Waals surface area contributed by atoms with Gasteiger partial charge in [-0.25, -0.2) is 4.98 Å². The van der Waals surface area contributed by atoms with Crippen molar-refractivity contribution >= 4 is 44.5 Å². The molecule has 0 saturated carbocycles. The van der Waals surface area contributed by atoms with E-state index in [9.17, 15) is 4.79 Å². The molecule has 6 heteroatoms. The second kappa shape index (κ2) is 7.43. The zero-order valence-corrected chi connectivity index (χ0v) is 15.7. The number of fused-ring (bicyclic) bond motifs is 1. The van der Waals surface area contributed by atoms with Gasteiger partial charge in [-0.15, -0.1) is 0 Å². The number of benzene rings is 2. The molecule has 2 aromatic carbocycles. The second-order valence-electron chi connectivity index (χ2n) is 6.12. The Balaban J connectivity index is 1.78. The molecule has 0 aliphatic carbocycles. The van der Waals surface area contributed by atoms with E-state index < -0.39 is 0 Å². The molecule has 5 nitrogen and oxygen atoms in total. The molecule has 1 aromatic heterocycles. The van der Waals surface area contributed by atoms with Crippen LogP contribution < -0.4 is 0 Å². The molecule has 2 heterocycles. The Kier molecular flexibility index (Phi) is 4.86. The average molecular weight is 412 g/mol. The predicted molar refractivity (Wildman–Crippen MR) is 106 cm³/mol. The van der Waals surface area contributed by atoms with Crippen LogP contribution in [0.4, 0.5) is 0 Å². The van der Waals surface area contributed by atoms with Crippen molar-refractivity contribution in [2.24, 2.45) is 0 Å². The Bertz CT molecular complexity index is 941. The number of nitrogens with zero attached hydrogens (tertiary/aromatic N) is 2. The number of halogens is 1. The Morgan fingerprint density at radius 3 is 2.73 bits per heavy atom. The third-order valence-electron chi connectivity index (χ3n) is 4.33. The highest BCUT2D eigenvalue weighted by Gasteiger charge is 2.24. The number of rotatable bonds is 3. The van der Waals surface area contributed by atoms with Crippen LogP contribution in [-0.4, -0.2) is 47.1 Å². The minimum atomic E-state index is -0.0349. The van der Waals surface area contributed by atoms with Crippen molar-refractivity contribution in [2.75, 3.05) is 26.3 Å². The van der Waals surface area contributed by atoms with Crippen LogP contribution in [0.2, 0.25) is 0 Å². The number of hydrogen-bond donors (Lipinski definition) is 1. The van der Waals surface area contributed by atoms with Gasteiger partial charge < -0.3 is 14.6 Å². The van der Waals surface area contributed by atoms with Crippen molar-refractivity contribution in [3.8, 4) is 0 Å². The molecular formula is C20H18BrN3O2. The maximum absolute atomic E-state index is 13.2. The number of carbonyl (C=O) groups excluding carboxylic acids is 1. The smallest absolute Gasteiger partial charge is 0.257 e. The largest absolute Gasteiger partial charge is 0.378 e. The topological polar surface area (TPSA) is 58.2 Å². The van der Waals surface area contributed by atoms with Crippen LogP contribution in [0.5, 0.6) is 0 Å². The van der Waals surface area contributed by atoms with Crippen molar-refractivity contribution < 1.29 is 9.53 Å². The maximum Gasteiger partial charge on any atom is 0.257 e. The van der Waals surface area contributed by atoms with Crippen LogP contribution in [0.1, 0.15) is 11.4 Å². The van der Waals surface area contributed by atoms with Gasteiger partial charge in [0.05, 0.1) is 29.8 Å². The number of amides is 1. The first kappa shape index (κ1) is 17.0. The predicted octanol–water partition coefficient (Wildman–Crippen LogP) is 3.72. The van der Waals surface area contributed by atoms with E-state index in [2.05, 4.69) is 25.9 Å². The molecule has 1 aliphatic heterocycles. The van der Waals surface area contributed by atoms with Crippen molar-refractivity contribution in [1.29, 1.82) is 0 Å². The molecule has 132 valence electrons. The number of para-hydroxylation sites is 2. The molecular weight excluding hydrogens is 394 g/mol. The number of carbonyl (C=O) groups is 1. The summed E-state index contributed by atoms with van der Waals surface area (Å²) < 4.78 is 6.34. The average Bonchev–Trinajstić information content (AvgIpc) is 3.10. The van der Waals surface area contributed by atoms with E-state index in [0.29, 0.717) is 37.7 Å². The molecule has 0 bridgehead atoms. The Morgan fingerprint density at radius 2 is 1.96 bits per heavy atom. The normalized spacial score (nSPS) is 15.4. The molecule has 1 N–H and O–H groups in total. The first-order chi connectivity index (χ1) is 12.7. The summed E-state index contributed by atoms with van der Waals surface area (Å²) in [6, 6.07) is 15.6. The van der Waals surface area contributed by atoms with Gasteiger partial charge in [0.1, 0.15) is 5.82 Å². The molecule has 1 amide bonds. The lowest BCUT2D eigenvalue weighted by Crippen LogP contribution is -2.41. The molecule has 0 spiro atoms. The van der Waals surface area contributed by atoms with Crippen LogP contribution >= 0.6 is 15.9 Å². The highest BCUT2D eigenvalue weighted by Crippen LogP contribution is 2.23. The van der Waals surface area contributed by atoms with Gasteiger partial charge in [-0.2, -0.15) is 0 Å². The number of nitrogens with one attached hydrogen (secondary N) is 1. The highest BCUT2D eigenvalue weighted by atomic mass is 79.9.